The normalized spacial score (nSPS) is 9.79. The number of hydrogen-bond donors (Lipinski definition) is 2. The molecule has 0 atom stereocenters. The van der Waals surface area contributed by atoms with E-state index in [1.54, 1.807) is 23.9 Å². The van der Waals surface area contributed by atoms with E-state index in [0.717, 1.165) is 5.75 Å². The maximum Gasteiger partial charge on any atom is 0.269 e. The molecule has 5 heteroatoms. The SMILES string of the molecule is CSCCNC(=O)c1ccc(N)cn1. The molecule has 14 heavy (non-hydrogen) atoms. The Morgan fingerprint density at radius 1 is 1.64 bits per heavy atom. The van der Waals surface area contributed by atoms with Gasteiger partial charge in [-0.3, -0.25) is 4.79 Å². The summed E-state index contributed by atoms with van der Waals surface area (Å²) in [6, 6.07) is 3.28. The lowest BCUT2D eigenvalue weighted by Gasteiger charge is -2.02. The van der Waals surface area contributed by atoms with Gasteiger partial charge in [-0.1, -0.05) is 0 Å². The number of aromatic nitrogens is 1. The van der Waals surface area contributed by atoms with Crippen LogP contribution in [0.2, 0.25) is 0 Å². The number of amides is 1. The van der Waals surface area contributed by atoms with Crippen LogP contribution in [0, 0.1) is 0 Å². The molecule has 4 nitrogen and oxygen atoms in total. The molecule has 3 N–H and O–H groups in total. The average Bonchev–Trinajstić information content (AvgIpc) is 2.19. The highest BCUT2D eigenvalue weighted by Crippen LogP contribution is 2.00. The lowest BCUT2D eigenvalue weighted by molar-refractivity contribution is 0.0951. The Kier molecular flexibility index (Phi) is 4.25. The number of nitrogens with zero attached hydrogens (tertiary/aromatic N) is 1. The number of carbonyl (C=O) groups excluding carboxylic acids is 1. The topological polar surface area (TPSA) is 68.0 Å². The average molecular weight is 211 g/mol. The highest BCUT2D eigenvalue weighted by atomic mass is 32.2. The zero-order valence-corrected chi connectivity index (χ0v) is 8.80. The lowest BCUT2D eigenvalue weighted by atomic mass is 10.3. The molecule has 1 heterocycles. The molecule has 0 spiro atoms. The van der Waals surface area contributed by atoms with E-state index in [4.69, 9.17) is 5.73 Å². The monoisotopic (exact) mass is 211 g/mol. The predicted molar refractivity (Wildman–Crippen MR) is 59.4 cm³/mol. The van der Waals surface area contributed by atoms with Crippen molar-refractivity contribution in [2.45, 2.75) is 0 Å². The molecule has 0 saturated carbocycles. The van der Waals surface area contributed by atoms with Crippen LogP contribution in [0.4, 0.5) is 5.69 Å². The molecule has 76 valence electrons. The first kappa shape index (κ1) is 10.8. The van der Waals surface area contributed by atoms with E-state index in [1.807, 2.05) is 6.26 Å². The Morgan fingerprint density at radius 3 is 3.00 bits per heavy atom. The van der Waals surface area contributed by atoms with Crippen molar-refractivity contribution in [1.82, 2.24) is 10.3 Å². The van der Waals surface area contributed by atoms with Crippen molar-refractivity contribution in [1.29, 1.82) is 0 Å². The quantitative estimate of drug-likeness (QED) is 0.721. The van der Waals surface area contributed by atoms with Gasteiger partial charge in [0.2, 0.25) is 0 Å². The largest absolute Gasteiger partial charge is 0.397 e. The zero-order valence-electron chi connectivity index (χ0n) is 7.99. The Bertz CT molecular complexity index is 299. The Morgan fingerprint density at radius 2 is 2.43 bits per heavy atom. The Balaban J connectivity index is 2.48. The van der Waals surface area contributed by atoms with Gasteiger partial charge in [-0.15, -0.1) is 0 Å². The van der Waals surface area contributed by atoms with Gasteiger partial charge in [0.15, 0.2) is 0 Å². The number of carbonyl (C=O) groups is 1. The fourth-order valence-electron chi connectivity index (χ4n) is 0.897. The molecule has 0 radical (unpaired) electrons. The molecular weight excluding hydrogens is 198 g/mol. The second kappa shape index (κ2) is 5.49. The van der Waals surface area contributed by atoms with Crippen LogP contribution >= 0.6 is 11.8 Å². The minimum Gasteiger partial charge on any atom is -0.397 e. The van der Waals surface area contributed by atoms with Crippen LogP contribution in [0.25, 0.3) is 0 Å². The maximum absolute atomic E-state index is 11.4. The maximum atomic E-state index is 11.4. The number of nitrogen functional groups attached to an aromatic ring is 1. The molecule has 0 aliphatic rings. The van der Waals surface area contributed by atoms with Crippen molar-refractivity contribution in [3.63, 3.8) is 0 Å². The van der Waals surface area contributed by atoms with Crippen LogP contribution in [0.15, 0.2) is 18.3 Å². The molecule has 0 saturated heterocycles. The van der Waals surface area contributed by atoms with Crippen LogP contribution in [-0.4, -0.2) is 29.4 Å². The number of hydrogen-bond acceptors (Lipinski definition) is 4. The van der Waals surface area contributed by atoms with Crippen LogP contribution in [0.3, 0.4) is 0 Å². The predicted octanol–water partition coefficient (Wildman–Crippen LogP) is 0.757. The summed E-state index contributed by atoms with van der Waals surface area (Å²) < 4.78 is 0. The van der Waals surface area contributed by atoms with E-state index < -0.39 is 0 Å². The fourth-order valence-corrected chi connectivity index (χ4v) is 1.20. The van der Waals surface area contributed by atoms with Gasteiger partial charge >= 0.3 is 0 Å². The number of anilines is 1. The second-order valence-electron chi connectivity index (χ2n) is 2.73. The molecule has 0 aliphatic carbocycles. The molecule has 1 amide bonds. The van der Waals surface area contributed by atoms with Crippen molar-refractivity contribution in [3.05, 3.63) is 24.0 Å². The molecular formula is C9H13N3OS. The third kappa shape index (κ3) is 3.26. The molecule has 0 aliphatic heterocycles. The molecule has 0 unspecified atom stereocenters. The summed E-state index contributed by atoms with van der Waals surface area (Å²) in [4.78, 5) is 15.3. The van der Waals surface area contributed by atoms with Crippen molar-refractivity contribution < 1.29 is 4.79 Å². The van der Waals surface area contributed by atoms with E-state index in [-0.39, 0.29) is 5.91 Å². The van der Waals surface area contributed by atoms with Crippen molar-refractivity contribution in [2.24, 2.45) is 0 Å². The number of thioether (sulfide) groups is 1. The summed E-state index contributed by atoms with van der Waals surface area (Å²) in [5.74, 6) is 0.750. The molecule has 0 aromatic carbocycles. The zero-order chi connectivity index (χ0) is 10.4. The Hall–Kier alpha value is -1.23. The number of nitrogens with two attached hydrogens (primary N) is 1. The number of nitrogens with one attached hydrogen (secondary N) is 1. The Labute approximate surface area is 87.3 Å². The number of rotatable bonds is 4. The van der Waals surface area contributed by atoms with Crippen molar-refractivity contribution >= 4 is 23.4 Å². The smallest absolute Gasteiger partial charge is 0.269 e. The van der Waals surface area contributed by atoms with E-state index in [2.05, 4.69) is 10.3 Å². The van der Waals surface area contributed by atoms with Crippen LogP contribution in [0.5, 0.6) is 0 Å². The summed E-state index contributed by atoms with van der Waals surface area (Å²) in [6.07, 6.45) is 3.47. The van der Waals surface area contributed by atoms with E-state index in [1.165, 1.54) is 6.20 Å². The van der Waals surface area contributed by atoms with Gasteiger partial charge in [0, 0.05) is 12.3 Å². The summed E-state index contributed by atoms with van der Waals surface area (Å²) in [5, 5.41) is 2.76. The molecule has 1 aromatic heterocycles. The fraction of sp³-hybridized carbons (Fsp3) is 0.333. The minimum atomic E-state index is -0.154. The molecule has 0 bridgehead atoms. The summed E-state index contributed by atoms with van der Waals surface area (Å²) in [7, 11) is 0. The van der Waals surface area contributed by atoms with Crippen molar-refractivity contribution in [2.75, 3.05) is 24.3 Å². The van der Waals surface area contributed by atoms with Gasteiger partial charge in [-0.05, 0) is 18.4 Å². The first-order chi connectivity index (χ1) is 6.74. The molecule has 1 aromatic rings. The van der Waals surface area contributed by atoms with E-state index in [9.17, 15) is 4.79 Å². The van der Waals surface area contributed by atoms with Gasteiger partial charge in [0.1, 0.15) is 5.69 Å². The molecule has 0 fully saturated rings. The van der Waals surface area contributed by atoms with E-state index in [0.29, 0.717) is 17.9 Å². The van der Waals surface area contributed by atoms with Gasteiger partial charge in [0.05, 0.1) is 11.9 Å². The third-order valence-corrected chi connectivity index (χ3v) is 2.22. The minimum absolute atomic E-state index is 0.154. The summed E-state index contributed by atoms with van der Waals surface area (Å²) >= 11 is 1.69. The van der Waals surface area contributed by atoms with Crippen LogP contribution < -0.4 is 11.1 Å². The highest BCUT2D eigenvalue weighted by Gasteiger charge is 2.04. The lowest BCUT2D eigenvalue weighted by Crippen LogP contribution is -2.26. The van der Waals surface area contributed by atoms with Crippen molar-refractivity contribution in [3.8, 4) is 0 Å². The first-order valence-corrected chi connectivity index (χ1v) is 5.62. The van der Waals surface area contributed by atoms with Crippen LogP contribution in [-0.2, 0) is 0 Å². The molecule has 1 rings (SSSR count). The second-order valence-corrected chi connectivity index (χ2v) is 3.71. The summed E-state index contributed by atoms with van der Waals surface area (Å²) in [5.41, 5.74) is 6.41. The first-order valence-electron chi connectivity index (χ1n) is 4.22. The van der Waals surface area contributed by atoms with E-state index >= 15 is 0 Å². The highest BCUT2D eigenvalue weighted by molar-refractivity contribution is 7.98. The van der Waals surface area contributed by atoms with Gasteiger partial charge in [-0.2, -0.15) is 11.8 Å². The van der Waals surface area contributed by atoms with Gasteiger partial charge < -0.3 is 11.1 Å². The standard InChI is InChI=1S/C9H13N3OS/c1-14-5-4-11-9(13)8-3-2-7(10)6-12-8/h2-3,6H,4-5,10H2,1H3,(H,11,13). The van der Waals surface area contributed by atoms with Gasteiger partial charge in [-0.25, -0.2) is 4.98 Å². The summed E-state index contributed by atoms with van der Waals surface area (Å²) in [6.45, 7) is 0.659. The van der Waals surface area contributed by atoms with Gasteiger partial charge in [0.25, 0.3) is 5.91 Å². The third-order valence-electron chi connectivity index (χ3n) is 1.61. The van der Waals surface area contributed by atoms with Crippen LogP contribution in [0.1, 0.15) is 10.5 Å². The number of pyridine rings is 1.